The van der Waals surface area contributed by atoms with Crippen LogP contribution < -0.4 is 15.0 Å². The first-order valence-corrected chi connectivity index (χ1v) is 11.9. The maximum absolute atomic E-state index is 13.0. The summed E-state index contributed by atoms with van der Waals surface area (Å²) < 4.78 is 44.7. The highest BCUT2D eigenvalue weighted by molar-refractivity contribution is 8.27. The van der Waals surface area contributed by atoms with Crippen molar-refractivity contribution in [1.82, 2.24) is 0 Å². The molecule has 1 saturated heterocycles. The molecule has 0 aliphatic carbocycles. The first-order valence-electron chi connectivity index (χ1n) is 10.7. The number of para-hydroxylation sites is 1. The average Bonchev–Trinajstić information content (AvgIpc) is 3.11. The Morgan fingerprint density at radius 2 is 1.81 bits per heavy atom. The van der Waals surface area contributed by atoms with Gasteiger partial charge >= 0.3 is 6.18 Å². The number of benzene rings is 3. The van der Waals surface area contributed by atoms with Crippen LogP contribution in [0.15, 0.2) is 77.7 Å². The molecular weight excluding hydrogens is 509 g/mol. The first kappa shape index (κ1) is 25.5. The Hall–Kier alpha value is -3.63. The van der Waals surface area contributed by atoms with Gasteiger partial charge in [-0.25, -0.2) is 0 Å². The van der Waals surface area contributed by atoms with Crippen LogP contribution in [0, 0.1) is 6.92 Å². The molecule has 0 atom stereocenters. The molecule has 0 unspecified atom stereocenters. The lowest BCUT2D eigenvalue weighted by Crippen LogP contribution is -2.27. The summed E-state index contributed by atoms with van der Waals surface area (Å²) in [6.45, 7) is 1.51. The number of carbonyl (C=O) groups excluding carboxylic acids is 2. The van der Waals surface area contributed by atoms with Crippen LogP contribution in [0.3, 0.4) is 0 Å². The predicted molar refractivity (Wildman–Crippen MR) is 139 cm³/mol. The highest BCUT2D eigenvalue weighted by Crippen LogP contribution is 2.37. The van der Waals surface area contributed by atoms with Crippen LogP contribution in [-0.4, -0.2) is 22.7 Å². The predicted octanol–water partition coefficient (Wildman–Crippen LogP) is 6.44. The van der Waals surface area contributed by atoms with Gasteiger partial charge in [-0.05, 0) is 49.4 Å². The fourth-order valence-corrected chi connectivity index (χ4v) is 4.66. The monoisotopic (exact) mass is 528 g/mol. The number of rotatable bonds is 6. The number of halogens is 3. The van der Waals surface area contributed by atoms with Gasteiger partial charge in [0.05, 0.1) is 16.2 Å². The molecule has 1 heterocycles. The van der Waals surface area contributed by atoms with E-state index in [2.05, 4.69) is 5.32 Å². The molecule has 4 rings (SSSR count). The van der Waals surface area contributed by atoms with Crippen LogP contribution in [0.2, 0.25) is 0 Å². The molecule has 0 aromatic heterocycles. The minimum absolute atomic E-state index is 0.00601. The number of nitrogens with zero attached hydrogens (tertiary/aromatic N) is 1. The second kappa shape index (κ2) is 10.5. The molecule has 184 valence electrons. The molecule has 1 fully saturated rings. The summed E-state index contributed by atoms with van der Waals surface area (Å²) in [4.78, 5) is 27.2. The Labute approximate surface area is 214 Å². The lowest BCUT2D eigenvalue weighted by atomic mass is 10.1. The zero-order valence-electron chi connectivity index (χ0n) is 18.8. The van der Waals surface area contributed by atoms with E-state index in [4.69, 9.17) is 17.0 Å². The largest absolute Gasteiger partial charge is 0.483 e. The van der Waals surface area contributed by atoms with Crippen molar-refractivity contribution in [3.05, 3.63) is 94.4 Å². The van der Waals surface area contributed by atoms with Crippen molar-refractivity contribution in [2.24, 2.45) is 0 Å². The number of amides is 2. The molecule has 3 aromatic rings. The first-order chi connectivity index (χ1) is 17.1. The fraction of sp³-hybridized carbons (Fsp3) is 0.115. The van der Waals surface area contributed by atoms with Crippen LogP contribution in [-0.2, 0) is 15.8 Å². The molecule has 0 spiro atoms. The van der Waals surface area contributed by atoms with Crippen molar-refractivity contribution in [1.29, 1.82) is 0 Å². The summed E-state index contributed by atoms with van der Waals surface area (Å²) in [6.07, 6.45) is -2.88. The van der Waals surface area contributed by atoms with Crippen LogP contribution >= 0.6 is 24.0 Å². The molecule has 36 heavy (non-hydrogen) atoms. The maximum Gasteiger partial charge on any atom is 0.416 e. The van der Waals surface area contributed by atoms with Crippen molar-refractivity contribution < 1.29 is 27.5 Å². The lowest BCUT2D eigenvalue weighted by molar-refractivity contribution is -0.137. The summed E-state index contributed by atoms with van der Waals surface area (Å²) >= 11 is 6.57. The van der Waals surface area contributed by atoms with E-state index in [0.717, 1.165) is 29.5 Å². The van der Waals surface area contributed by atoms with Gasteiger partial charge in [-0.15, -0.1) is 0 Å². The summed E-state index contributed by atoms with van der Waals surface area (Å²) in [5, 5.41) is 2.40. The van der Waals surface area contributed by atoms with E-state index in [9.17, 15) is 22.8 Å². The van der Waals surface area contributed by atoms with E-state index in [1.54, 1.807) is 30.3 Å². The van der Waals surface area contributed by atoms with Gasteiger partial charge in [0.25, 0.3) is 11.8 Å². The van der Waals surface area contributed by atoms with E-state index in [-0.39, 0.29) is 11.6 Å². The molecule has 10 heteroatoms. The van der Waals surface area contributed by atoms with Gasteiger partial charge < -0.3 is 10.1 Å². The highest BCUT2D eigenvalue weighted by Gasteiger charge is 2.33. The summed E-state index contributed by atoms with van der Waals surface area (Å²) in [6, 6.07) is 18.6. The molecule has 5 nitrogen and oxygen atoms in total. The minimum atomic E-state index is -4.52. The zero-order valence-corrected chi connectivity index (χ0v) is 20.5. The molecule has 0 radical (unpaired) electrons. The number of thioether (sulfide) groups is 1. The van der Waals surface area contributed by atoms with Crippen LogP contribution in [0.5, 0.6) is 5.75 Å². The molecule has 1 N–H and O–H groups in total. The van der Waals surface area contributed by atoms with Gasteiger partial charge in [0.2, 0.25) is 0 Å². The van der Waals surface area contributed by atoms with Crippen molar-refractivity contribution in [3.63, 3.8) is 0 Å². The van der Waals surface area contributed by atoms with E-state index < -0.39 is 24.3 Å². The van der Waals surface area contributed by atoms with Gasteiger partial charge in [0, 0.05) is 11.3 Å². The molecule has 2 amide bonds. The van der Waals surface area contributed by atoms with Crippen molar-refractivity contribution in [3.8, 4) is 5.75 Å². The van der Waals surface area contributed by atoms with Crippen molar-refractivity contribution in [2.75, 3.05) is 16.8 Å². The lowest BCUT2D eigenvalue weighted by Gasteiger charge is -2.14. The molecule has 1 aliphatic heterocycles. The minimum Gasteiger partial charge on any atom is -0.483 e. The number of hydrogen-bond donors (Lipinski definition) is 1. The van der Waals surface area contributed by atoms with Crippen LogP contribution in [0.4, 0.5) is 24.5 Å². The number of alkyl halides is 3. The quantitative estimate of drug-likeness (QED) is 0.295. The van der Waals surface area contributed by atoms with Crippen molar-refractivity contribution in [2.45, 2.75) is 13.1 Å². The Morgan fingerprint density at radius 1 is 1.08 bits per heavy atom. The van der Waals surface area contributed by atoms with Crippen molar-refractivity contribution >= 4 is 57.6 Å². The number of anilines is 2. The molecular formula is C26H19F3N2O3S2. The summed E-state index contributed by atoms with van der Waals surface area (Å²) in [5.74, 6) is -0.571. The Bertz CT molecular complexity index is 1360. The van der Waals surface area contributed by atoms with Gasteiger partial charge in [-0.3, -0.25) is 14.5 Å². The molecule has 1 aliphatic rings. The standard InChI is InChI=1S/C26H19F3N2O3S2/c1-16-9-11-20(12-10-16)31-24(33)22(36-25(31)35)13-17-5-2-3-8-21(17)34-15-23(32)30-19-7-4-6-18(14-19)26(27,28)29/h2-14H,15H2,1H3,(H,30,32)/b22-13-. The number of ether oxygens (including phenoxy) is 1. The fourth-order valence-electron chi connectivity index (χ4n) is 3.37. The highest BCUT2D eigenvalue weighted by atomic mass is 32.2. The van der Waals surface area contributed by atoms with E-state index in [1.165, 1.54) is 17.0 Å². The third-order valence-corrected chi connectivity index (χ3v) is 6.43. The Balaban J connectivity index is 1.46. The Kier molecular flexibility index (Phi) is 7.46. The second-order valence-electron chi connectivity index (χ2n) is 7.81. The summed E-state index contributed by atoms with van der Waals surface area (Å²) in [5.41, 5.74) is 1.42. The summed E-state index contributed by atoms with van der Waals surface area (Å²) in [7, 11) is 0. The Morgan fingerprint density at radius 3 is 2.53 bits per heavy atom. The normalized spacial score (nSPS) is 14.9. The van der Waals surface area contributed by atoms with E-state index in [1.807, 2.05) is 31.2 Å². The third-order valence-electron chi connectivity index (χ3n) is 5.12. The number of thiocarbonyl (C=S) groups is 1. The van der Waals surface area contributed by atoms with Crippen LogP contribution in [0.25, 0.3) is 6.08 Å². The van der Waals surface area contributed by atoms with Gasteiger partial charge in [0.1, 0.15) is 5.75 Å². The van der Waals surface area contributed by atoms with Crippen LogP contribution in [0.1, 0.15) is 16.7 Å². The van der Waals surface area contributed by atoms with Gasteiger partial charge in [-0.2, -0.15) is 13.2 Å². The number of aryl methyl sites for hydroxylation is 1. The average molecular weight is 529 g/mol. The third kappa shape index (κ3) is 5.95. The van der Waals surface area contributed by atoms with E-state index >= 15 is 0 Å². The van der Waals surface area contributed by atoms with Gasteiger partial charge in [0.15, 0.2) is 10.9 Å². The van der Waals surface area contributed by atoms with E-state index in [0.29, 0.717) is 26.2 Å². The number of nitrogens with one attached hydrogen (secondary N) is 1. The number of hydrogen-bond acceptors (Lipinski definition) is 5. The smallest absolute Gasteiger partial charge is 0.416 e. The topological polar surface area (TPSA) is 58.6 Å². The number of carbonyl (C=O) groups is 2. The molecule has 3 aromatic carbocycles. The molecule has 0 bridgehead atoms. The van der Waals surface area contributed by atoms with Gasteiger partial charge in [-0.1, -0.05) is 65.9 Å². The maximum atomic E-state index is 13.0. The second-order valence-corrected chi connectivity index (χ2v) is 9.48. The molecule has 0 saturated carbocycles. The zero-order chi connectivity index (χ0) is 25.9. The SMILES string of the molecule is Cc1ccc(N2C(=O)/C(=C/c3ccccc3OCC(=O)Nc3cccc(C(F)(F)F)c3)SC2=S)cc1.